The lowest BCUT2D eigenvalue weighted by atomic mass is 10.0. The summed E-state index contributed by atoms with van der Waals surface area (Å²) < 4.78 is 0.883. The van der Waals surface area contributed by atoms with Crippen LogP contribution in [0.25, 0.3) is 0 Å². The van der Waals surface area contributed by atoms with E-state index in [4.69, 9.17) is 17.3 Å². The number of nitrogens with two attached hydrogens (primary N) is 1. The van der Waals surface area contributed by atoms with Gasteiger partial charge in [-0.3, -0.25) is 4.90 Å². The van der Waals surface area contributed by atoms with Crippen LogP contribution in [0.4, 0.5) is 0 Å². The van der Waals surface area contributed by atoms with Crippen molar-refractivity contribution in [2.24, 2.45) is 5.73 Å². The number of halogens is 1. The maximum absolute atomic E-state index is 6.26. The predicted octanol–water partition coefficient (Wildman–Crippen LogP) is 3.42. The molecule has 1 aromatic heterocycles. The van der Waals surface area contributed by atoms with E-state index in [2.05, 4.69) is 35.2 Å². The third-order valence-corrected chi connectivity index (χ3v) is 5.16. The molecule has 0 amide bonds. The standard InChI is InChI=1S/C15H17ClN2S/c16-15-13(8-17)12-6-7-18(10-14(12)19-15)9-11-4-2-1-3-5-11/h1-5H,6-10,17H2. The van der Waals surface area contributed by atoms with Crippen LogP contribution >= 0.6 is 22.9 Å². The predicted molar refractivity (Wildman–Crippen MR) is 81.5 cm³/mol. The molecule has 0 unspecified atom stereocenters. The van der Waals surface area contributed by atoms with Crippen LogP contribution in [0.5, 0.6) is 0 Å². The van der Waals surface area contributed by atoms with Crippen LogP contribution in [0.15, 0.2) is 30.3 Å². The Hall–Kier alpha value is -0.870. The van der Waals surface area contributed by atoms with Crippen molar-refractivity contribution in [3.63, 3.8) is 0 Å². The van der Waals surface area contributed by atoms with Crippen molar-refractivity contribution >= 4 is 22.9 Å². The first-order chi connectivity index (χ1) is 9.28. The van der Waals surface area contributed by atoms with Gasteiger partial charge in [-0.1, -0.05) is 41.9 Å². The number of rotatable bonds is 3. The molecule has 3 rings (SSSR count). The van der Waals surface area contributed by atoms with Crippen LogP contribution in [-0.4, -0.2) is 11.4 Å². The van der Waals surface area contributed by atoms with Gasteiger partial charge in [-0.2, -0.15) is 0 Å². The fraction of sp³-hybridized carbons (Fsp3) is 0.333. The lowest BCUT2D eigenvalue weighted by Gasteiger charge is -2.27. The summed E-state index contributed by atoms with van der Waals surface area (Å²) in [6.45, 7) is 3.65. The van der Waals surface area contributed by atoms with Crippen LogP contribution in [-0.2, 0) is 26.1 Å². The Kier molecular flexibility index (Phi) is 3.89. The first-order valence-electron chi connectivity index (χ1n) is 6.53. The van der Waals surface area contributed by atoms with Crippen molar-refractivity contribution < 1.29 is 0 Å². The van der Waals surface area contributed by atoms with E-state index in [1.54, 1.807) is 11.3 Å². The molecule has 0 atom stereocenters. The third kappa shape index (κ3) is 2.70. The lowest BCUT2D eigenvalue weighted by Crippen LogP contribution is -2.29. The fourth-order valence-electron chi connectivity index (χ4n) is 2.67. The van der Waals surface area contributed by atoms with Crippen LogP contribution in [0, 0.1) is 0 Å². The van der Waals surface area contributed by atoms with Gasteiger partial charge in [0.05, 0.1) is 4.34 Å². The summed E-state index contributed by atoms with van der Waals surface area (Å²) in [5.41, 5.74) is 9.73. The average Bonchev–Trinajstić information content (AvgIpc) is 2.74. The van der Waals surface area contributed by atoms with Gasteiger partial charge in [-0.25, -0.2) is 0 Å². The van der Waals surface area contributed by atoms with E-state index in [1.807, 2.05) is 0 Å². The summed E-state index contributed by atoms with van der Waals surface area (Å²) in [5.74, 6) is 0. The molecule has 4 heteroatoms. The number of benzene rings is 1. The minimum absolute atomic E-state index is 0.559. The summed E-state index contributed by atoms with van der Waals surface area (Å²) >= 11 is 7.96. The molecule has 2 N–H and O–H groups in total. The topological polar surface area (TPSA) is 29.3 Å². The molecular formula is C15H17ClN2S. The van der Waals surface area contributed by atoms with Crippen molar-refractivity contribution in [1.29, 1.82) is 0 Å². The van der Waals surface area contributed by atoms with E-state index < -0.39 is 0 Å². The molecule has 0 fully saturated rings. The maximum Gasteiger partial charge on any atom is 0.0979 e. The monoisotopic (exact) mass is 292 g/mol. The molecule has 0 aliphatic carbocycles. The summed E-state index contributed by atoms with van der Waals surface area (Å²) in [6, 6.07) is 10.6. The van der Waals surface area contributed by atoms with Gasteiger partial charge in [0.1, 0.15) is 0 Å². The smallest absolute Gasteiger partial charge is 0.0979 e. The highest BCUT2D eigenvalue weighted by Crippen LogP contribution is 2.36. The molecule has 0 bridgehead atoms. The van der Waals surface area contributed by atoms with Crippen molar-refractivity contribution in [1.82, 2.24) is 4.90 Å². The summed E-state index contributed by atoms with van der Waals surface area (Å²) in [6.07, 6.45) is 1.07. The highest BCUT2D eigenvalue weighted by molar-refractivity contribution is 7.16. The Balaban J connectivity index is 1.76. The molecule has 2 aromatic rings. The van der Waals surface area contributed by atoms with E-state index in [9.17, 15) is 0 Å². The Morgan fingerprint density at radius 3 is 2.79 bits per heavy atom. The highest BCUT2D eigenvalue weighted by atomic mass is 35.5. The molecule has 1 aliphatic rings. The van der Waals surface area contributed by atoms with Crippen LogP contribution in [0.2, 0.25) is 4.34 Å². The SMILES string of the molecule is NCc1c(Cl)sc2c1CCN(Cc1ccccc1)C2. The second-order valence-electron chi connectivity index (χ2n) is 4.91. The minimum atomic E-state index is 0.559. The highest BCUT2D eigenvalue weighted by Gasteiger charge is 2.22. The van der Waals surface area contributed by atoms with Crippen LogP contribution in [0.1, 0.15) is 21.6 Å². The van der Waals surface area contributed by atoms with Crippen molar-refractivity contribution in [2.75, 3.05) is 6.54 Å². The van der Waals surface area contributed by atoms with Gasteiger partial charge in [-0.15, -0.1) is 11.3 Å². The van der Waals surface area contributed by atoms with Crippen LogP contribution < -0.4 is 5.73 Å². The van der Waals surface area contributed by atoms with Gasteiger partial charge in [-0.05, 0) is 23.1 Å². The molecule has 100 valence electrons. The van der Waals surface area contributed by atoms with Gasteiger partial charge in [0.25, 0.3) is 0 Å². The molecule has 2 heterocycles. The van der Waals surface area contributed by atoms with Crippen molar-refractivity contribution in [2.45, 2.75) is 26.1 Å². The zero-order valence-corrected chi connectivity index (χ0v) is 12.3. The van der Waals surface area contributed by atoms with Gasteiger partial charge >= 0.3 is 0 Å². The van der Waals surface area contributed by atoms with Crippen LogP contribution in [0.3, 0.4) is 0 Å². The molecule has 1 aliphatic heterocycles. The van der Waals surface area contributed by atoms with E-state index >= 15 is 0 Å². The second-order valence-corrected chi connectivity index (χ2v) is 6.61. The van der Waals surface area contributed by atoms with E-state index in [1.165, 1.54) is 21.6 Å². The van der Waals surface area contributed by atoms with Gasteiger partial charge in [0.15, 0.2) is 0 Å². The average molecular weight is 293 g/mol. The number of thiophene rings is 1. The molecule has 0 spiro atoms. The molecule has 0 saturated carbocycles. The molecule has 0 radical (unpaired) electrons. The van der Waals surface area contributed by atoms with E-state index in [0.29, 0.717) is 6.54 Å². The molecule has 0 saturated heterocycles. The zero-order chi connectivity index (χ0) is 13.2. The van der Waals surface area contributed by atoms with E-state index in [-0.39, 0.29) is 0 Å². The Morgan fingerprint density at radius 1 is 1.26 bits per heavy atom. The van der Waals surface area contributed by atoms with Crippen molar-refractivity contribution in [3.05, 3.63) is 56.2 Å². The third-order valence-electron chi connectivity index (χ3n) is 3.65. The largest absolute Gasteiger partial charge is 0.326 e. The lowest BCUT2D eigenvalue weighted by molar-refractivity contribution is 0.248. The fourth-order valence-corrected chi connectivity index (χ4v) is 4.28. The molecule has 1 aromatic carbocycles. The van der Waals surface area contributed by atoms with Gasteiger partial charge in [0, 0.05) is 31.1 Å². The number of nitrogens with zero attached hydrogens (tertiary/aromatic N) is 1. The first-order valence-corrected chi connectivity index (χ1v) is 7.72. The summed E-state index contributed by atoms with van der Waals surface area (Å²) in [4.78, 5) is 3.87. The maximum atomic E-state index is 6.26. The number of hydrogen-bond acceptors (Lipinski definition) is 3. The zero-order valence-electron chi connectivity index (χ0n) is 10.7. The molecule has 19 heavy (non-hydrogen) atoms. The normalized spacial score (nSPS) is 15.5. The Morgan fingerprint density at radius 2 is 2.05 bits per heavy atom. The van der Waals surface area contributed by atoms with Gasteiger partial charge < -0.3 is 5.73 Å². The summed E-state index contributed by atoms with van der Waals surface area (Å²) in [5, 5.41) is 0. The number of fused-ring (bicyclic) bond motifs is 1. The molecular weight excluding hydrogens is 276 g/mol. The Bertz CT molecular complexity index is 565. The number of hydrogen-bond donors (Lipinski definition) is 1. The van der Waals surface area contributed by atoms with E-state index in [0.717, 1.165) is 30.4 Å². The molecule has 2 nitrogen and oxygen atoms in total. The Labute approximate surface area is 122 Å². The quantitative estimate of drug-likeness (QED) is 0.939. The first kappa shape index (κ1) is 13.1. The second kappa shape index (κ2) is 5.63. The minimum Gasteiger partial charge on any atom is -0.326 e. The summed E-state index contributed by atoms with van der Waals surface area (Å²) in [7, 11) is 0. The van der Waals surface area contributed by atoms with Gasteiger partial charge in [0.2, 0.25) is 0 Å². The van der Waals surface area contributed by atoms with Crippen molar-refractivity contribution in [3.8, 4) is 0 Å².